The van der Waals surface area contributed by atoms with Crippen molar-refractivity contribution in [2.75, 3.05) is 34.5 Å². The van der Waals surface area contributed by atoms with Gasteiger partial charge in [0.25, 0.3) is 0 Å². The Labute approximate surface area is 231 Å². The molecule has 0 radical (unpaired) electrons. The molecule has 3 atom stereocenters. The highest BCUT2D eigenvalue weighted by Gasteiger charge is 2.57. The average Bonchev–Trinajstić information content (AvgIpc) is 3.47. The van der Waals surface area contributed by atoms with Crippen molar-refractivity contribution >= 4 is 21.4 Å². The summed E-state index contributed by atoms with van der Waals surface area (Å²) in [5.74, 6) is 1.04. The fourth-order valence-electron chi connectivity index (χ4n) is 5.25. The second-order valence-electron chi connectivity index (χ2n) is 9.71. The summed E-state index contributed by atoms with van der Waals surface area (Å²) < 4.78 is 51.4. The number of rotatable bonds is 10. The van der Waals surface area contributed by atoms with Crippen LogP contribution in [0.1, 0.15) is 55.7 Å². The Hall–Kier alpha value is -2.94. The van der Waals surface area contributed by atoms with Gasteiger partial charge in [-0.1, -0.05) is 11.6 Å². The van der Waals surface area contributed by atoms with Gasteiger partial charge in [-0.05, 0) is 31.6 Å². The van der Waals surface area contributed by atoms with Crippen molar-refractivity contribution in [3.05, 3.63) is 41.2 Å². The van der Waals surface area contributed by atoms with Crippen molar-refractivity contribution in [3.63, 3.8) is 0 Å². The summed E-state index contributed by atoms with van der Waals surface area (Å²) in [6, 6.07) is 0. The van der Waals surface area contributed by atoms with Crippen molar-refractivity contribution in [1.82, 2.24) is 34.7 Å². The molecule has 13 nitrogen and oxygen atoms in total. The number of hydrogen-bond acceptors (Lipinski definition) is 12. The Morgan fingerprint density at radius 1 is 1.08 bits per heavy atom. The van der Waals surface area contributed by atoms with E-state index in [-0.39, 0.29) is 34.7 Å². The molecule has 0 N–H and O–H groups in total. The molecule has 1 aliphatic carbocycles. The van der Waals surface area contributed by atoms with E-state index in [9.17, 15) is 8.42 Å². The standard InChI is InChI=1S/C24H30ClN7O6S/c1-14(19(35-2)20-26-10-15(25)11-27-20)39(33,34)12-17-30-31-21(16-9-24(16)5-7-38-8-6-24)32(17)18-22(36-3)28-13-29-23(18)37-4/h10-11,13-14,16,19H,5-9,12H2,1-4H3/t14-,16-,19-/m0/s1. The fraction of sp³-hybridized carbons (Fsp3) is 0.583. The maximum atomic E-state index is 13.8. The van der Waals surface area contributed by atoms with E-state index in [0.29, 0.717) is 29.7 Å². The molecule has 15 heteroatoms. The van der Waals surface area contributed by atoms with Gasteiger partial charge in [0.05, 0.1) is 24.5 Å². The van der Waals surface area contributed by atoms with E-state index >= 15 is 0 Å². The van der Waals surface area contributed by atoms with Crippen LogP contribution in [0.15, 0.2) is 18.7 Å². The predicted molar refractivity (Wildman–Crippen MR) is 139 cm³/mol. The van der Waals surface area contributed by atoms with E-state index in [1.54, 1.807) is 11.5 Å². The Morgan fingerprint density at radius 2 is 1.72 bits per heavy atom. The third-order valence-electron chi connectivity index (χ3n) is 7.58. The van der Waals surface area contributed by atoms with Gasteiger partial charge in [0.1, 0.15) is 24.0 Å². The molecule has 3 aromatic heterocycles. The Bertz CT molecular complexity index is 1410. The Kier molecular flexibility index (Phi) is 7.73. The topological polar surface area (TPSA) is 153 Å². The number of hydrogen-bond donors (Lipinski definition) is 0. The molecule has 1 spiro atoms. The summed E-state index contributed by atoms with van der Waals surface area (Å²) in [6.45, 7) is 2.90. The number of methoxy groups -OCH3 is 3. The van der Waals surface area contributed by atoms with Crippen molar-refractivity contribution in [2.24, 2.45) is 5.41 Å². The number of halogens is 1. The summed E-state index contributed by atoms with van der Waals surface area (Å²) in [5.41, 5.74) is 0.383. The van der Waals surface area contributed by atoms with Gasteiger partial charge >= 0.3 is 0 Å². The summed E-state index contributed by atoms with van der Waals surface area (Å²) >= 11 is 5.91. The highest BCUT2D eigenvalue weighted by atomic mass is 35.5. The lowest BCUT2D eigenvalue weighted by molar-refractivity contribution is 0.0553. The van der Waals surface area contributed by atoms with Crippen LogP contribution in [0.5, 0.6) is 11.8 Å². The molecule has 3 aromatic rings. The SMILES string of the molecule is COc1ncnc(OC)c1-n1c(CS(=O)(=O)[C@@H](C)[C@H](OC)c2ncc(Cl)cn2)nnc1[C@@H]1CC12CCOCC2. The molecule has 4 heterocycles. The predicted octanol–water partition coefficient (Wildman–Crippen LogP) is 2.49. The van der Waals surface area contributed by atoms with Crippen LogP contribution in [0.3, 0.4) is 0 Å². The second kappa shape index (κ2) is 10.9. The van der Waals surface area contributed by atoms with Crippen LogP contribution < -0.4 is 9.47 Å². The highest BCUT2D eigenvalue weighted by Crippen LogP contribution is 2.64. The molecule has 0 unspecified atom stereocenters. The highest BCUT2D eigenvalue weighted by molar-refractivity contribution is 7.91. The molecule has 1 saturated heterocycles. The number of ether oxygens (including phenoxy) is 4. The summed E-state index contributed by atoms with van der Waals surface area (Å²) in [7, 11) is 0.473. The van der Waals surface area contributed by atoms with Crippen LogP contribution in [0.4, 0.5) is 0 Å². The van der Waals surface area contributed by atoms with Gasteiger partial charge < -0.3 is 18.9 Å². The molecule has 210 valence electrons. The average molecular weight is 580 g/mol. The van der Waals surface area contributed by atoms with Gasteiger partial charge in [-0.25, -0.2) is 18.4 Å². The summed E-state index contributed by atoms with van der Waals surface area (Å²) in [6.07, 6.45) is 5.87. The zero-order valence-electron chi connectivity index (χ0n) is 22.1. The zero-order chi connectivity index (χ0) is 27.8. The van der Waals surface area contributed by atoms with Crippen molar-refractivity contribution in [1.29, 1.82) is 0 Å². The largest absolute Gasteiger partial charge is 0.479 e. The molecule has 5 rings (SSSR count). The monoisotopic (exact) mass is 579 g/mol. The Balaban J connectivity index is 1.56. The van der Waals surface area contributed by atoms with E-state index in [4.69, 9.17) is 30.5 Å². The van der Waals surface area contributed by atoms with Crippen LogP contribution in [-0.2, 0) is 25.1 Å². The molecular weight excluding hydrogens is 550 g/mol. The molecule has 1 saturated carbocycles. The summed E-state index contributed by atoms with van der Waals surface area (Å²) in [4.78, 5) is 16.8. The molecular formula is C24H30ClN7O6S. The third kappa shape index (κ3) is 5.17. The summed E-state index contributed by atoms with van der Waals surface area (Å²) in [5, 5.41) is 8.18. The molecule has 0 bridgehead atoms. The van der Waals surface area contributed by atoms with Crippen LogP contribution in [-0.4, -0.2) is 82.9 Å². The fourth-order valence-corrected chi connectivity index (χ4v) is 6.77. The lowest BCUT2D eigenvalue weighted by Crippen LogP contribution is -2.30. The molecule has 2 aliphatic rings. The smallest absolute Gasteiger partial charge is 0.245 e. The van der Waals surface area contributed by atoms with E-state index in [1.807, 2.05) is 0 Å². The second-order valence-corrected chi connectivity index (χ2v) is 12.5. The maximum absolute atomic E-state index is 13.8. The van der Waals surface area contributed by atoms with Crippen molar-refractivity contribution in [3.8, 4) is 17.4 Å². The van der Waals surface area contributed by atoms with E-state index in [1.165, 1.54) is 40.1 Å². The first-order valence-electron chi connectivity index (χ1n) is 12.4. The van der Waals surface area contributed by atoms with E-state index in [0.717, 1.165) is 19.3 Å². The van der Waals surface area contributed by atoms with Crippen LogP contribution >= 0.6 is 11.6 Å². The van der Waals surface area contributed by atoms with Crippen molar-refractivity contribution in [2.45, 2.75) is 49.2 Å². The van der Waals surface area contributed by atoms with Gasteiger partial charge in [0, 0.05) is 38.6 Å². The first-order valence-corrected chi connectivity index (χ1v) is 14.5. The van der Waals surface area contributed by atoms with Crippen LogP contribution in [0.2, 0.25) is 5.02 Å². The van der Waals surface area contributed by atoms with Gasteiger partial charge in [-0.2, -0.15) is 9.97 Å². The van der Waals surface area contributed by atoms with Crippen LogP contribution in [0, 0.1) is 5.41 Å². The molecule has 39 heavy (non-hydrogen) atoms. The van der Waals surface area contributed by atoms with Gasteiger partial charge in [0.2, 0.25) is 11.8 Å². The minimum absolute atomic E-state index is 0.0373. The van der Waals surface area contributed by atoms with E-state index < -0.39 is 26.9 Å². The third-order valence-corrected chi connectivity index (χ3v) is 9.82. The lowest BCUT2D eigenvalue weighted by atomic mass is 9.93. The normalized spacial score (nSPS) is 20.0. The van der Waals surface area contributed by atoms with E-state index in [2.05, 4.69) is 30.1 Å². The van der Waals surface area contributed by atoms with Gasteiger partial charge in [-0.15, -0.1) is 10.2 Å². The minimum Gasteiger partial charge on any atom is -0.479 e. The van der Waals surface area contributed by atoms with Gasteiger partial charge in [-0.3, -0.25) is 4.57 Å². The van der Waals surface area contributed by atoms with Gasteiger partial charge in [0.15, 0.2) is 27.2 Å². The number of sulfone groups is 1. The lowest BCUT2D eigenvalue weighted by Gasteiger charge is -2.23. The first kappa shape index (κ1) is 27.6. The minimum atomic E-state index is -3.88. The molecule has 1 aliphatic heterocycles. The molecule has 0 aromatic carbocycles. The number of nitrogens with zero attached hydrogens (tertiary/aromatic N) is 7. The quantitative estimate of drug-likeness (QED) is 0.346. The number of aromatic nitrogens is 7. The zero-order valence-corrected chi connectivity index (χ0v) is 23.6. The van der Waals surface area contributed by atoms with Crippen LogP contribution in [0.25, 0.3) is 5.69 Å². The molecule has 2 fully saturated rings. The Morgan fingerprint density at radius 3 is 2.31 bits per heavy atom. The van der Waals surface area contributed by atoms with Crippen molar-refractivity contribution < 1.29 is 27.4 Å². The molecule has 0 amide bonds. The first-order chi connectivity index (χ1) is 18.7. The maximum Gasteiger partial charge on any atom is 0.245 e.